The van der Waals surface area contributed by atoms with Crippen LogP contribution in [0.4, 0.5) is 4.79 Å². The van der Waals surface area contributed by atoms with Crippen molar-refractivity contribution < 1.29 is 19.7 Å². The number of carboxylic acid groups (broad SMARTS) is 1. The molecule has 1 aliphatic heterocycles. The zero-order valence-corrected chi connectivity index (χ0v) is 8.19. The Morgan fingerprint density at radius 1 is 1.57 bits per heavy atom. The minimum absolute atomic E-state index is 0.00573. The molecule has 82 valence electrons. The maximum Gasteiger partial charge on any atom is 0.407 e. The van der Waals surface area contributed by atoms with Gasteiger partial charge in [0.1, 0.15) is 0 Å². The Morgan fingerprint density at radius 2 is 2.36 bits per heavy atom. The molecule has 0 unspecified atom stereocenters. The Balaban J connectivity index is 2.19. The van der Waals surface area contributed by atoms with Crippen LogP contribution < -0.4 is 0 Å². The van der Waals surface area contributed by atoms with Crippen molar-refractivity contribution >= 4 is 6.09 Å². The van der Waals surface area contributed by atoms with Gasteiger partial charge in [-0.2, -0.15) is 0 Å². The van der Waals surface area contributed by atoms with E-state index < -0.39 is 6.09 Å². The molecule has 0 spiro atoms. The van der Waals surface area contributed by atoms with Gasteiger partial charge >= 0.3 is 6.09 Å². The van der Waals surface area contributed by atoms with Crippen molar-refractivity contribution in [3.05, 3.63) is 0 Å². The summed E-state index contributed by atoms with van der Waals surface area (Å²) in [7, 11) is 0. The van der Waals surface area contributed by atoms with E-state index in [1.807, 2.05) is 0 Å². The first-order chi connectivity index (χ1) is 6.75. The highest BCUT2D eigenvalue weighted by Crippen LogP contribution is 2.17. The molecule has 1 atom stereocenters. The van der Waals surface area contributed by atoms with Crippen LogP contribution in [0.25, 0.3) is 0 Å². The van der Waals surface area contributed by atoms with Crippen molar-refractivity contribution in [1.29, 1.82) is 0 Å². The third-order valence-corrected chi connectivity index (χ3v) is 2.38. The maximum atomic E-state index is 10.7. The molecule has 1 heterocycles. The Morgan fingerprint density at radius 3 is 3.00 bits per heavy atom. The van der Waals surface area contributed by atoms with Crippen LogP contribution in [-0.2, 0) is 4.74 Å². The molecule has 2 N–H and O–H groups in total. The second-order valence-electron chi connectivity index (χ2n) is 3.42. The molecule has 0 aromatic carbocycles. The quantitative estimate of drug-likeness (QED) is 0.639. The zero-order chi connectivity index (χ0) is 10.4. The average Bonchev–Trinajstić information content (AvgIpc) is 2.60. The highest BCUT2D eigenvalue weighted by Gasteiger charge is 2.28. The predicted octanol–water partition coefficient (Wildman–Crippen LogP) is 0.528. The number of hydrogen-bond donors (Lipinski definition) is 2. The fourth-order valence-corrected chi connectivity index (χ4v) is 1.65. The van der Waals surface area contributed by atoms with Crippen LogP contribution in [0.3, 0.4) is 0 Å². The second kappa shape index (κ2) is 5.82. The minimum Gasteiger partial charge on any atom is -0.465 e. The standard InChI is InChI=1S/C9H17NO4/c11-5-2-6-14-7-8-3-1-4-10(8)9(12)13/h8,11H,1-7H2,(H,12,13)/t8-/m0/s1. The molecule has 14 heavy (non-hydrogen) atoms. The third kappa shape index (κ3) is 3.16. The summed E-state index contributed by atoms with van der Waals surface area (Å²) < 4.78 is 5.27. The van der Waals surface area contributed by atoms with Gasteiger partial charge in [0.2, 0.25) is 0 Å². The number of likely N-dealkylation sites (tertiary alicyclic amines) is 1. The SMILES string of the molecule is O=C(O)N1CCC[C@H]1COCCCO. The van der Waals surface area contributed by atoms with Crippen LogP contribution in [0, 0.1) is 0 Å². The van der Waals surface area contributed by atoms with Gasteiger partial charge in [0, 0.05) is 19.8 Å². The van der Waals surface area contributed by atoms with E-state index >= 15 is 0 Å². The van der Waals surface area contributed by atoms with Gasteiger partial charge in [-0.15, -0.1) is 0 Å². The summed E-state index contributed by atoms with van der Waals surface area (Å²) in [6, 6.07) is 0.00573. The van der Waals surface area contributed by atoms with E-state index in [0.29, 0.717) is 26.2 Å². The van der Waals surface area contributed by atoms with E-state index in [2.05, 4.69) is 0 Å². The van der Waals surface area contributed by atoms with Crippen LogP contribution in [0.2, 0.25) is 0 Å². The molecule has 1 rings (SSSR count). The van der Waals surface area contributed by atoms with Crippen LogP contribution in [0.1, 0.15) is 19.3 Å². The molecular weight excluding hydrogens is 186 g/mol. The first-order valence-electron chi connectivity index (χ1n) is 4.94. The summed E-state index contributed by atoms with van der Waals surface area (Å²) in [5, 5.41) is 17.3. The molecule has 5 nitrogen and oxygen atoms in total. The Kier molecular flexibility index (Phi) is 4.69. The second-order valence-corrected chi connectivity index (χ2v) is 3.42. The number of aliphatic hydroxyl groups excluding tert-OH is 1. The molecule has 5 heteroatoms. The summed E-state index contributed by atoms with van der Waals surface area (Å²) in [5.74, 6) is 0. The van der Waals surface area contributed by atoms with Gasteiger partial charge in [0.05, 0.1) is 12.6 Å². The van der Waals surface area contributed by atoms with Crippen LogP contribution in [-0.4, -0.2) is 53.6 Å². The van der Waals surface area contributed by atoms with E-state index in [1.54, 1.807) is 0 Å². The highest BCUT2D eigenvalue weighted by atomic mass is 16.5. The number of nitrogens with zero attached hydrogens (tertiary/aromatic N) is 1. The van der Waals surface area contributed by atoms with Crippen molar-refractivity contribution in [3.8, 4) is 0 Å². The Labute approximate surface area is 83.3 Å². The summed E-state index contributed by atoms with van der Waals surface area (Å²) in [5.41, 5.74) is 0. The smallest absolute Gasteiger partial charge is 0.407 e. The molecule has 0 bridgehead atoms. The molecule has 0 aromatic heterocycles. The molecule has 1 fully saturated rings. The highest BCUT2D eigenvalue weighted by molar-refractivity contribution is 5.65. The Bertz CT molecular complexity index is 186. The van der Waals surface area contributed by atoms with Crippen molar-refractivity contribution in [3.63, 3.8) is 0 Å². The molecule has 1 saturated heterocycles. The molecule has 1 amide bonds. The summed E-state index contributed by atoms with van der Waals surface area (Å²) >= 11 is 0. The van der Waals surface area contributed by atoms with Crippen LogP contribution in [0.15, 0.2) is 0 Å². The summed E-state index contributed by atoms with van der Waals surface area (Å²) in [4.78, 5) is 12.2. The number of ether oxygens (including phenoxy) is 1. The number of hydrogen-bond acceptors (Lipinski definition) is 3. The van der Waals surface area contributed by atoms with Gasteiger partial charge in [-0.1, -0.05) is 0 Å². The molecule has 0 radical (unpaired) electrons. The van der Waals surface area contributed by atoms with Crippen molar-refractivity contribution in [2.75, 3.05) is 26.4 Å². The lowest BCUT2D eigenvalue weighted by atomic mass is 10.2. The summed E-state index contributed by atoms with van der Waals surface area (Å²) in [6.45, 7) is 1.68. The minimum atomic E-state index is -0.863. The van der Waals surface area contributed by atoms with Gasteiger partial charge in [-0.3, -0.25) is 0 Å². The molecule has 0 aliphatic carbocycles. The lowest BCUT2D eigenvalue weighted by molar-refractivity contribution is 0.0654. The normalized spacial score (nSPS) is 21.5. The molecule has 0 saturated carbocycles. The number of amides is 1. The topological polar surface area (TPSA) is 70.0 Å². The maximum absolute atomic E-state index is 10.7. The first-order valence-corrected chi connectivity index (χ1v) is 4.94. The monoisotopic (exact) mass is 203 g/mol. The molecular formula is C9H17NO4. The number of aliphatic hydroxyl groups is 1. The lowest BCUT2D eigenvalue weighted by Crippen LogP contribution is -2.37. The van der Waals surface area contributed by atoms with Gasteiger partial charge in [-0.05, 0) is 19.3 Å². The lowest BCUT2D eigenvalue weighted by Gasteiger charge is -2.21. The summed E-state index contributed by atoms with van der Waals surface area (Å²) in [6.07, 6.45) is 1.55. The van der Waals surface area contributed by atoms with Crippen LogP contribution >= 0.6 is 0 Å². The third-order valence-electron chi connectivity index (χ3n) is 2.38. The van der Waals surface area contributed by atoms with Gasteiger partial charge in [0.25, 0.3) is 0 Å². The largest absolute Gasteiger partial charge is 0.465 e. The average molecular weight is 203 g/mol. The Hall–Kier alpha value is -0.810. The fraction of sp³-hybridized carbons (Fsp3) is 0.889. The molecule has 0 aromatic rings. The van der Waals surface area contributed by atoms with Crippen LogP contribution in [0.5, 0.6) is 0 Å². The number of rotatable bonds is 5. The van der Waals surface area contributed by atoms with Gasteiger partial charge in [-0.25, -0.2) is 4.79 Å². The fourth-order valence-electron chi connectivity index (χ4n) is 1.65. The van der Waals surface area contributed by atoms with E-state index in [4.69, 9.17) is 14.9 Å². The van der Waals surface area contributed by atoms with E-state index in [9.17, 15) is 4.79 Å². The van der Waals surface area contributed by atoms with Crippen molar-refractivity contribution in [2.45, 2.75) is 25.3 Å². The zero-order valence-electron chi connectivity index (χ0n) is 8.19. The number of carbonyl (C=O) groups is 1. The van der Waals surface area contributed by atoms with E-state index in [-0.39, 0.29) is 12.6 Å². The van der Waals surface area contributed by atoms with Gasteiger partial charge in [0.15, 0.2) is 0 Å². The predicted molar refractivity (Wildman–Crippen MR) is 50.3 cm³/mol. The van der Waals surface area contributed by atoms with E-state index in [1.165, 1.54) is 4.90 Å². The van der Waals surface area contributed by atoms with Crippen molar-refractivity contribution in [1.82, 2.24) is 4.90 Å². The first kappa shape index (κ1) is 11.3. The van der Waals surface area contributed by atoms with Crippen molar-refractivity contribution in [2.24, 2.45) is 0 Å². The molecule has 1 aliphatic rings. The van der Waals surface area contributed by atoms with E-state index in [0.717, 1.165) is 12.8 Å². The van der Waals surface area contributed by atoms with Gasteiger partial charge < -0.3 is 19.8 Å².